The standard InChI is InChI=1S/C8H10ClNOS/c1-12-7-2-3-8(9)6(4-7)5-11-10/h2-4H,5,10H2,1H3. The van der Waals surface area contributed by atoms with Gasteiger partial charge in [-0.3, -0.25) is 4.84 Å². The summed E-state index contributed by atoms with van der Waals surface area (Å²) in [4.78, 5) is 5.67. The minimum Gasteiger partial charge on any atom is -0.300 e. The van der Waals surface area contributed by atoms with E-state index in [2.05, 4.69) is 4.84 Å². The molecule has 0 radical (unpaired) electrons. The minimum atomic E-state index is 0.354. The van der Waals surface area contributed by atoms with Gasteiger partial charge in [0.15, 0.2) is 0 Å². The van der Waals surface area contributed by atoms with Crippen LogP contribution in [-0.4, -0.2) is 6.26 Å². The molecule has 0 aliphatic carbocycles. The first kappa shape index (κ1) is 9.86. The Balaban J connectivity index is 2.91. The first-order valence-corrected chi connectivity index (χ1v) is 5.02. The average Bonchev–Trinajstić information content (AvgIpc) is 2.09. The second kappa shape index (κ2) is 4.72. The van der Waals surface area contributed by atoms with Crippen molar-refractivity contribution < 1.29 is 4.84 Å². The Kier molecular flexibility index (Phi) is 3.88. The summed E-state index contributed by atoms with van der Waals surface area (Å²) < 4.78 is 0. The second-order valence-corrected chi connectivity index (χ2v) is 3.56. The van der Waals surface area contributed by atoms with E-state index in [9.17, 15) is 0 Å². The molecular formula is C8H10ClNOS. The van der Waals surface area contributed by atoms with Gasteiger partial charge in [-0.15, -0.1) is 11.8 Å². The number of rotatable bonds is 3. The third kappa shape index (κ3) is 2.38. The molecule has 1 aromatic carbocycles. The minimum absolute atomic E-state index is 0.354. The molecule has 0 saturated heterocycles. The van der Waals surface area contributed by atoms with Gasteiger partial charge in [-0.05, 0) is 30.0 Å². The molecule has 0 amide bonds. The van der Waals surface area contributed by atoms with E-state index in [4.69, 9.17) is 17.5 Å². The van der Waals surface area contributed by atoms with E-state index in [1.54, 1.807) is 11.8 Å². The number of nitrogens with two attached hydrogens (primary N) is 1. The Labute approximate surface area is 81.0 Å². The van der Waals surface area contributed by atoms with Crippen LogP contribution in [0.25, 0.3) is 0 Å². The summed E-state index contributed by atoms with van der Waals surface area (Å²) in [6.07, 6.45) is 2.01. The summed E-state index contributed by atoms with van der Waals surface area (Å²) in [6, 6.07) is 5.79. The van der Waals surface area contributed by atoms with Crippen molar-refractivity contribution >= 4 is 23.4 Å². The van der Waals surface area contributed by atoms with Gasteiger partial charge in [0.1, 0.15) is 0 Å². The molecular weight excluding hydrogens is 194 g/mol. The molecule has 0 saturated carbocycles. The maximum absolute atomic E-state index is 5.89. The van der Waals surface area contributed by atoms with Crippen molar-refractivity contribution in [2.45, 2.75) is 11.5 Å². The molecule has 1 aromatic rings. The van der Waals surface area contributed by atoms with E-state index in [1.165, 1.54) is 0 Å². The van der Waals surface area contributed by atoms with Crippen molar-refractivity contribution in [3.05, 3.63) is 28.8 Å². The maximum atomic E-state index is 5.89. The smallest absolute Gasteiger partial charge is 0.0944 e. The molecule has 0 spiro atoms. The van der Waals surface area contributed by atoms with Gasteiger partial charge in [0.2, 0.25) is 0 Å². The van der Waals surface area contributed by atoms with Crippen LogP contribution in [0.2, 0.25) is 5.02 Å². The zero-order valence-corrected chi connectivity index (χ0v) is 8.28. The van der Waals surface area contributed by atoms with E-state index in [0.717, 1.165) is 10.5 Å². The predicted octanol–water partition coefficient (Wildman–Crippen LogP) is 2.45. The zero-order valence-electron chi connectivity index (χ0n) is 6.71. The Morgan fingerprint density at radius 2 is 2.33 bits per heavy atom. The van der Waals surface area contributed by atoms with Gasteiger partial charge in [0.05, 0.1) is 6.61 Å². The summed E-state index contributed by atoms with van der Waals surface area (Å²) in [5, 5.41) is 0.693. The molecule has 12 heavy (non-hydrogen) atoms. The highest BCUT2D eigenvalue weighted by Crippen LogP contribution is 2.23. The summed E-state index contributed by atoms with van der Waals surface area (Å²) >= 11 is 7.55. The first-order valence-electron chi connectivity index (χ1n) is 3.42. The highest BCUT2D eigenvalue weighted by atomic mass is 35.5. The largest absolute Gasteiger partial charge is 0.300 e. The molecule has 0 aliphatic rings. The van der Waals surface area contributed by atoms with Crippen LogP contribution in [-0.2, 0) is 11.4 Å². The van der Waals surface area contributed by atoms with Gasteiger partial charge in [-0.1, -0.05) is 11.6 Å². The molecule has 66 valence electrons. The molecule has 0 heterocycles. The fourth-order valence-corrected chi connectivity index (χ4v) is 1.51. The molecule has 0 aromatic heterocycles. The summed E-state index contributed by atoms with van der Waals surface area (Å²) in [5.41, 5.74) is 0.922. The van der Waals surface area contributed by atoms with Crippen LogP contribution < -0.4 is 5.90 Å². The topological polar surface area (TPSA) is 35.2 Å². The number of halogens is 1. The Hall–Kier alpha value is -0.220. The second-order valence-electron chi connectivity index (χ2n) is 2.27. The lowest BCUT2D eigenvalue weighted by Crippen LogP contribution is -1.99. The molecule has 0 atom stereocenters. The van der Waals surface area contributed by atoms with Gasteiger partial charge >= 0.3 is 0 Å². The van der Waals surface area contributed by atoms with Crippen LogP contribution in [0, 0.1) is 0 Å². The Morgan fingerprint density at radius 3 is 2.92 bits per heavy atom. The quantitative estimate of drug-likeness (QED) is 0.606. The van der Waals surface area contributed by atoms with Gasteiger partial charge in [0, 0.05) is 9.92 Å². The lowest BCUT2D eigenvalue weighted by molar-refractivity contribution is 0.124. The highest BCUT2D eigenvalue weighted by molar-refractivity contribution is 7.98. The monoisotopic (exact) mass is 203 g/mol. The van der Waals surface area contributed by atoms with Crippen LogP contribution in [0.5, 0.6) is 0 Å². The van der Waals surface area contributed by atoms with Crippen molar-refractivity contribution in [1.29, 1.82) is 0 Å². The van der Waals surface area contributed by atoms with Gasteiger partial charge in [0.25, 0.3) is 0 Å². The molecule has 0 aliphatic heterocycles. The van der Waals surface area contributed by atoms with Gasteiger partial charge in [-0.2, -0.15) is 0 Å². The van der Waals surface area contributed by atoms with Crippen molar-refractivity contribution in [1.82, 2.24) is 0 Å². The third-order valence-corrected chi connectivity index (χ3v) is 2.59. The predicted molar refractivity (Wildman–Crippen MR) is 52.2 cm³/mol. The van der Waals surface area contributed by atoms with E-state index < -0.39 is 0 Å². The molecule has 0 unspecified atom stereocenters. The van der Waals surface area contributed by atoms with Crippen molar-refractivity contribution in [3.63, 3.8) is 0 Å². The summed E-state index contributed by atoms with van der Waals surface area (Å²) in [7, 11) is 0. The van der Waals surface area contributed by atoms with E-state index in [1.807, 2.05) is 24.5 Å². The SMILES string of the molecule is CSc1ccc(Cl)c(CON)c1. The average molecular weight is 204 g/mol. The van der Waals surface area contributed by atoms with E-state index in [-0.39, 0.29) is 0 Å². The molecule has 1 rings (SSSR count). The number of hydrogen-bond acceptors (Lipinski definition) is 3. The third-order valence-electron chi connectivity index (χ3n) is 1.49. The molecule has 0 fully saturated rings. The molecule has 2 nitrogen and oxygen atoms in total. The van der Waals surface area contributed by atoms with Crippen LogP contribution in [0.4, 0.5) is 0 Å². The Bertz CT molecular complexity index is 267. The molecule has 0 bridgehead atoms. The van der Waals surface area contributed by atoms with E-state index in [0.29, 0.717) is 11.6 Å². The fourth-order valence-electron chi connectivity index (χ4n) is 0.878. The first-order chi connectivity index (χ1) is 5.77. The summed E-state index contributed by atoms with van der Waals surface area (Å²) in [6.45, 7) is 0.354. The van der Waals surface area contributed by atoms with Crippen molar-refractivity contribution in [3.8, 4) is 0 Å². The van der Waals surface area contributed by atoms with Gasteiger partial charge in [-0.25, -0.2) is 5.90 Å². The number of thioether (sulfide) groups is 1. The normalized spacial score (nSPS) is 10.2. The van der Waals surface area contributed by atoms with E-state index >= 15 is 0 Å². The molecule has 2 N–H and O–H groups in total. The lowest BCUT2D eigenvalue weighted by atomic mass is 10.2. The lowest BCUT2D eigenvalue weighted by Gasteiger charge is -2.03. The van der Waals surface area contributed by atoms with Crippen molar-refractivity contribution in [2.24, 2.45) is 5.90 Å². The molecule has 4 heteroatoms. The van der Waals surface area contributed by atoms with Crippen molar-refractivity contribution in [2.75, 3.05) is 6.26 Å². The fraction of sp³-hybridized carbons (Fsp3) is 0.250. The highest BCUT2D eigenvalue weighted by Gasteiger charge is 2.00. The number of benzene rings is 1. The summed E-state index contributed by atoms with van der Waals surface area (Å²) in [5.74, 6) is 4.96. The maximum Gasteiger partial charge on any atom is 0.0944 e. The van der Waals surface area contributed by atoms with Crippen LogP contribution in [0.1, 0.15) is 5.56 Å². The van der Waals surface area contributed by atoms with Crippen LogP contribution in [0.3, 0.4) is 0 Å². The van der Waals surface area contributed by atoms with Crippen LogP contribution in [0.15, 0.2) is 23.1 Å². The zero-order chi connectivity index (χ0) is 8.97. The number of hydrogen-bond donors (Lipinski definition) is 1. The van der Waals surface area contributed by atoms with Crippen LogP contribution >= 0.6 is 23.4 Å². The Morgan fingerprint density at radius 1 is 1.58 bits per heavy atom. The van der Waals surface area contributed by atoms with Gasteiger partial charge < -0.3 is 0 Å².